The number of amides is 1. The van der Waals surface area contributed by atoms with Gasteiger partial charge in [0.25, 0.3) is 5.91 Å². The Morgan fingerprint density at radius 2 is 2.00 bits per heavy atom. The number of thiazole rings is 1. The number of aromatic nitrogens is 6. The number of likely N-dealkylation sites (tertiary alicyclic amines) is 1. The van der Waals surface area contributed by atoms with Crippen molar-refractivity contribution in [2.24, 2.45) is 7.05 Å². The summed E-state index contributed by atoms with van der Waals surface area (Å²) in [4.78, 5) is 30.4. The van der Waals surface area contributed by atoms with Crippen LogP contribution >= 0.6 is 11.3 Å². The Bertz CT molecular complexity index is 1440. The molecule has 1 aliphatic rings. The van der Waals surface area contributed by atoms with Crippen LogP contribution in [0.15, 0.2) is 48.4 Å². The van der Waals surface area contributed by atoms with Gasteiger partial charge < -0.3 is 15.3 Å². The van der Waals surface area contributed by atoms with E-state index in [2.05, 4.69) is 30.4 Å². The molecule has 5 rings (SSSR count). The Morgan fingerprint density at radius 1 is 1.19 bits per heavy atom. The van der Waals surface area contributed by atoms with Crippen molar-refractivity contribution in [3.8, 4) is 22.0 Å². The van der Waals surface area contributed by atoms with Crippen molar-refractivity contribution in [1.82, 2.24) is 34.6 Å². The number of anilines is 2. The molecule has 1 aliphatic heterocycles. The van der Waals surface area contributed by atoms with Crippen molar-refractivity contribution in [2.75, 3.05) is 12.4 Å². The lowest BCUT2D eigenvalue weighted by Crippen LogP contribution is -2.41. The SMILES string of the molecule is CN1C(=O)[C@@](O)(c2cncc(-c3csc(-c4ccnc(Nc5ccn(C)n5)n4)n3)c2)CC1C(F)(F)F. The fourth-order valence-corrected chi connectivity index (χ4v) is 4.78. The maximum atomic E-state index is 13.4. The molecule has 1 saturated heterocycles. The standard InChI is InChI=1S/C22H19F3N8O2S/c1-32-6-4-17(31-32)30-20-27-5-3-14(29-20)18-28-15(11-36-18)12-7-13(10-26-9-12)21(35)8-16(22(23,24)25)33(2)19(21)34/h3-7,9-11,16,35H,8H2,1-2H3,(H,27,29,30,31)/t16?,21-/m0/s1. The Morgan fingerprint density at radius 3 is 2.69 bits per heavy atom. The molecule has 0 radical (unpaired) electrons. The van der Waals surface area contributed by atoms with Crippen LogP contribution in [-0.2, 0) is 17.4 Å². The molecule has 0 spiro atoms. The molecule has 4 aromatic rings. The molecule has 4 aromatic heterocycles. The number of hydrogen-bond donors (Lipinski definition) is 2. The predicted molar refractivity (Wildman–Crippen MR) is 124 cm³/mol. The molecule has 2 N–H and O–H groups in total. The van der Waals surface area contributed by atoms with Gasteiger partial charge in [0.15, 0.2) is 11.4 Å². The van der Waals surface area contributed by atoms with E-state index in [-0.39, 0.29) is 5.56 Å². The molecule has 1 fully saturated rings. The van der Waals surface area contributed by atoms with Crippen LogP contribution < -0.4 is 5.32 Å². The topological polar surface area (TPSA) is 122 Å². The third-order valence-electron chi connectivity index (χ3n) is 5.85. The van der Waals surface area contributed by atoms with Gasteiger partial charge in [0.1, 0.15) is 16.7 Å². The summed E-state index contributed by atoms with van der Waals surface area (Å²) in [5.74, 6) is -0.122. The highest BCUT2D eigenvalue weighted by Crippen LogP contribution is 2.43. The zero-order chi connectivity index (χ0) is 25.7. The summed E-state index contributed by atoms with van der Waals surface area (Å²) in [6, 6.07) is 2.81. The summed E-state index contributed by atoms with van der Waals surface area (Å²) in [7, 11) is 2.82. The maximum absolute atomic E-state index is 13.4. The summed E-state index contributed by atoms with van der Waals surface area (Å²) in [6.07, 6.45) is 0.535. The van der Waals surface area contributed by atoms with Gasteiger partial charge in [-0.15, -0.1) is 11.3 Å². The van der Waals surface area contributed by atoms with Crippen molar-refractivity contribution in [2.45, 2.75) is 24.2 Å². The van der Waals surface area contributed by atoms with E-state index < -0.39 is 30.1 Å². The van der Waals surface area contributed by atoms with Gasteiger partial charge in [-0.2, -0.15) is 18.3 Å². The lowest BCUT2D eigenvalue weighted by molar-refractivity contribution is -0.177. The number of nitrogens with zero attached hydrogens (tertiary/aromatic N) is 7. The average Bonchev–Trinajstić information content (AvgIpc) is 3.55. The van der Waals surface area contributed by atoms with Crippen molar-refractivity contribution >= 4 is 29.0 Å². The number of hydrogen-bond acceptors (Lipinski definition) is 9. The number of carbonyl (C=O) groups excluding carboxylic acids is 1. The Balaban J connectivity index is 1.41. The van der Waals surface area contributed by atoms with Crippen LogP contribution in [0.3, 0.4) is 0 Å². The molecule has 2 atom stereocenters. The summed E-state index contributed by atoms with van der Waals surface area (Å²) >= 11 is 1.30. The van der Waals surface area contributed by atoms with Gasteiger partial charge >= 0.3 is 6.18 Å². The molecule has 1 unspecified atom stereocenters. The number of carbonyl (C=O) groups is 1. The van der Waals surface area contributed by atoms with E-state index in [9.17, 15) is 23.1 Å². The van der Waals surface area contributed by atoms with Gasteiger partial charge in [-0.3, -0.25) is 14.5 Å². The van der Waals surface area contributed by atoms with E-state index >= 15 is 0 Å². The monoisotopic (exact) mass is 516 g/mol. The molecule has 10 nitrogen and oxygen atoms in total. The number of likely N-dealkylation sites (N-methyl/N-ethyl adjacent to an activating group) is 1. The number of rotatable bonds is 5. The third kappa shape index (κ3) is 4.28. The summed E-state index contributed by atoms with van der Waals surface area (Å²) < 4.78 is 41.7. The first kappa shape index (κ1) is 23.8. The lowest BCUT2D eigenvalue weighted by atomic mass is 9.90. The van der Waals surface area contributed by atoms with E-state index in [0.717, 1.165) is 7.05 Å². The normalized spacial score (nSPS) is 20.2. The molecule has 0 aliphatic carbocycles. The van der Waals surface area contributed by atoms with Crippen LogP contribution in [0.25, 0.3) is 22.0 Å². The van der Waals surface area contributed by atoms with Gasteiger partial charge in [0.05, 0.1) is 5.69 Å². The molecular formula is C22H19F3N8O2S. The molecule has 0 aromatic carbocycles. The first-order valence-electron chi connectivity index (χ1n) is 10.6. The molecule has 14 heteroatoms. The van der Waals surface area contributed by atoms with Crippen molar-refractivity contribution in [3.05, 3.63) is 53.9 Å². The first-order valence-corrected chi connectivity index (χ1v) is 11.5. The Labute approximate surface area is 206 Å². The molecule has 1 amide bonds. The third-order valence-corrected chi connectivity index (χ3v) is 6.72. The molecule has 186 valence electrons. The number of halogens is 3. The summed E-state index contributed by atoms with van der Waals surface area (Å²) in [6.45, 7) is 0. The highest BCUT2D eigenvalue weighted by Gasteiger charge is 2.59. The zero-order valence-electron chi connectivity index (χ0n) is 18.9. The van der Waals surface area contributed by atoms with Gasteiger partial charge in [0.2, 0.25) is 5.95 Å². The first-order chi connectivity index (χ1) is 17.0. The van der Waals surface area contributed by atoms with Gasteiger partial charge in [-0.25, -0.2) is 15.0 Å². The smallest absolute Gasteiger partial charge is 0.375 e. The molecule has 5 heterocycles. The summed E-state index contributed by atoms with van der Waals surface area (Å²) in [5.41, 5.74) is -0.910. The fourth-order valence-electron chi connectivity index (χ4n) is 3.98. The molecule has 0 bridgehead atoms. The van der Waals surface area contributed by atoms with Crippen molar-refractivity contribution in [1.29, 1.82) is 0 Å². The van der Waals surface area contributed by atoms with Gasteiger partial charge in [-0.05, 0) is 12.1 Å². The van der Waals surface area contributed by atoms with E-state index in [1.54, 1.807) is 41.6 Å². The number of pyridine rings is 1. The fraction of sp³-hybridized carbons (Fsp3) is 0.273. The predicted octanol–water partition coefficient (Wildman–Crippen LogP) is 3.12. The number of nitrogens with one attached hydrogen (secondary N) is 1. The van der Waals surface area contributed by atoms with E-state index in [1.807, 2.05) is 0 Å². The van der Waals surface area contributed by atoms with E-state index in [0.29, 0.717) is 38.6 Å². The van der Waals surface area contributed by atoms with Crippen LogP contribution in [0.2, 0.25) is 0 Å². The minimum absolute atomic E-state index is 0.0259. The van der Waals surface area contributed by atoms with E-state index in [4.69, 9.17) is 0 Å². The van der Waals surface area contributed by atoms with Crippen LogP contribution in [0.4, 0.5) is 24.9 Å². The van der Waals surface area contributed by atoms with Crippen LogP contribution in [0, 0.1) is 0 Å². The average molecular weight is 517 g/mol. The minimum Gasteiger partial charge on any atom is -0.375 e. The summed E-state index contributed by atoms with van der Waals surface area (Å²) in [5, 5.41) is 20.5. The molecule has 0 saturated carbocycles. The highest BCUT2D eigenvalue weighted by atomic mass is 32.1. The number of aryl methyl sites for hydroxylation is 1. The van der Waals surface area contributed by atoms with Gasteiger partial charge in [0, 0.05) is 67.9 Å². The second kappa shape index (κ2) is 8.64. The van der Waals surface area contributed by atoms with Crippen LogP contribution in [0.5, 0.6) is 0 Å². The van der Waals surface area contributed by atoms with Gasteiger partial charge in [-0.1, -0.05) is 0 Å². The number of alkyl halides is 3. The van der Waals surface area contributed by atoms with Crippen molar-refractivity contribution < 1.29 is 23.1 Å². The molecular weight excluding hydrogens is 497 g/mol. The molecule has 36 heavy (non-hydrogen) atoms. The van der Waals surface area contributed by atoms with Crippen LogP contribution in [0.1, 0.15) is 12.0 Å². The Hall–Kier alpha value is -3.91. The van der Waals surface area contributed by atoms with Crippen LogP contribution in [-0.4, -0.2) is 64.9 Å². The van der Waals surface area contributed by atoms with Crippen molar-refractivity contribution in [3.63, 3.8) is 0 Å². The zero-order valence-corrected chi connectivity index (χ0v) is 19.7. The second-order valence-electron chi connectivity index (χ2n) is 8.30. The maximum Gasteiger partial charge on any atom is 0.408 e. The number of aliphatic hydroxyl groups is 1. The highest BCUT2D eigenvalue weighted by molar-refractivity contribution is 7.13. The largest absolute Gasteiger partial charge is 0.408 e. The minimum atomic E-state index is -4.66. The van der Waals surface area contributed by atoms with E-state index in [1.165, 1.54) is 29.8 Å². The Kier molecular flexibility index (Phi) is 5.71. The second-order valence-corrected chi connectivity index (χ2v) is 9.16. The quantitative estimate of drug-likeness (QED) is 0.415. The lowest BCUT2D eigenvalue weighted by Gasteiger charge is -2.21.